The molecule has 1 fully saturated rings. The number of rotatable bonds is 6. The van der Waals surface area contributed by atoms with Crippen molar-refractivity contribution in [2.24, 2.45) is 5.92 Å². The Balaban J connectivity index is 1.62. The van der Waals surface area contributed by atoms with Gasteiger partial charge < -0.3 is 15.7 Å². The van der Waals surface area contributed by atoms with Crippen LogP contribution in [-0.2, 0) is 11.3 Å². The molecule has 0 saturated heterocycles. The second-order valence-corrected chi connectivity index (χ2v) is 4.94. The quantitative estimate of drug-likeness (QED) is 0.688. The molecule has 1 aliphatic carbocycles. The van der Waals surface area contributed by atoms with Crippen molar-refractivity contribution in [3.8, 4) is 5.75 Å². The van der Waals surface area contributed by atoms with Crippen molar-refractivity contribution < 1.29 is 9.90 Å². The van der Waals surface area contributed by atoms with Crippen molar-refractivity contribution in [1.82, 2.24) is 10.6 Å². The number of nitrogens with one attached hydrogen (secondary N) is 2. The lowest BCUT2D eigenvalue weighted by Gasteiger charge is -2.07. The second kappa shape index (κ2) is 6.07. The molecule has 0 spiro atoms. The first-order chi connectivity index (χ1) is 8.66. The first-order valence-electron chi connectivity index (χ1n) is 6.12. The van der Waals surface area contributed by atoms with Crippen molar-refractivity contribution in [2.45, 2.75) is 19.4 Å². The van der Waals surface area contributed by atoms with Crippen molar-refractivity contribution in [1.29, 1.82) is 0 Å². The lowest BCUT2D eigenvalue weighted by molar-refractivity contribution is -0.122. The van der Waals surface area contributed by atoms with E-state index >= 15 is 0 Å². The highest BCUT2D eigenvalue weighted by Crippen LogP contribution is 2.28. The zero-order chi connectivity index (χ0) is 13.0. The third-order valence-corrected chi connectivity index (χ3v) is 3.19. The van der Waals surface area contributed by atoms with Gasteiger partial charge in [-0.25, -0.2) is 0 Å². The average Bonchev–Trinajstić information content (AvgIpc) is 3.17. The predicted octanol–water partition coefficient (Wildman–Crippen LogP) is 1.66. The maximum atomic E-state index is 11.3. The molecule has 0 aromatic heterocycles. The lowest BCUT2D eigenvalue weighted by Crippen LogP contribution is -2.32. The molecule has 0 atom stereocenters. The van der Waals surface area contributed by atoms with Crippen molar-refractivity contribution in [3.63, 3.8) is 0 Å². The highest BCUT2D eigenvalue weighted by Gasteiger charge is 2.28. The van der Waals surface area contributed by atoms with Gasteiger partial charge in [0.25, 0.3) is 0 Å². The summed E-state index contributed by atoms with van der Waals surface area (Å²) < 4.78 is 0. The topological polar surface area (TPSA) is 61.4 Å². The van der Waals surface area contributed by atoms with E-state index in [9.17, 15) is 9.90 Å². The normalized spacial score (nSPS) is 14.5. The lowest BCUT2D eigenvalue weighted by atomic mass is 10.2. The Hall–Kier alpha value is -1.26. The minimum atomic E-state index is 0.0945. The van der Waals surface area contributed by atoms with E-state index in [-0.39, 0.29) is 17.6 Å². The molecule has 1 aromatic carbocycles. The zero-order valence-electron chi connectivity index (χ0n) is 10.1. The van der Waals surface area contributed by atoms with Crippen LogP contribution in [0.5, 0.6) is 5.75 Å². The molecule has 0 radical (unpaired) electrons. The fourth-order valence-corrected chi connectivity index (χ4v) is 1.86. The van der Waals surface area contributed by atoms with Gasteiger partial charge in [0, 0.05) is 25.6 Å². The van der Waals surface area contributed by atoms with Gasteiger partial charge in [-0.05, 0) is 30.5 Å². The summed E-state index contributed by atoms with van der Waals surface area (Å²) in [5.41, 5.74) is 1.01. The number of phenolic OH excluding ortho intramolecular Hbond substituents is 1. The molecule has 0 bridgehead atoms. The fraction of sp³-hybridized carbons (Fsp3) is 0.462. The summed E-state index contributed by atoms with van der Waals surface area (Å²) in [6.07, 6.45) is 2.07. The molecule has 1 amide bonds. The number of amides is 1. The van der Waals surface area contributed by atoms with Crippen LogP contribution < -0.4 is 10.6 Å². The van der Waals surface area contributed by atoms with Gasteiger partial charge in [-0.3, -0.25) is 4.79 Å². The molecule has 18 heavy (non-hydrogen) atoms. The van der Waals surface area contributed by atoms with Gasteiger partial charge in [-0.1, -0.05) is 17.7 Å². The number of benzene rings is 1. The van der Waals surface area contributed by atoms with Crippen LogP contribution in [0.15, 0.2) is 18.2 Å². The van der Waals surface area contributed by atoms with Crippen LogP contribution in [0.1, 0.15) is 18.4 Å². The summed E-state index contributed by atoms with van der Waals surface area (Å²) in [7, 11) is 0. The summed E-state index contributed by atoms with van der Waals surface area (Å²) in [5.74, 6) is 0.530. The van der Waals surface area contributed by atoms with Crippen LogP contribution in [0.2, 0.25) is 5.02 Å². The van der Waals surface area contributed by atoms with E-state index in [0.717, 1.165) is 24.9 Å². The van der Waals surface area contributed by atoms with Crippen molar-refractivity contribution >= 4 is 17.5 Å². The minimum Gasteiger partial charge on any atom is -0.506 e. The minimum absolute atomic E-state index is 0.0945. The molecule has 2 rings (SSSR count). The predicted molar refractivity (Wildman–Crippen MR) is 70.6 cm³/mol. The molecule has 0 heterocycles. The van der Waals surface area contributed by atoms with Gasteiger partial charge in [0.2, 0.25) is 5.91 Å². The van der Waals surface area contributed by atoms with E-state index in [1.807, 2.05) is 6.07 Å². The van der Waals surface area contributed by atoms with Crippen LogP contribution >= 0.6 is 11.6 Å². The molecule has 4 nitrogen and oxygen atoms in total. The molecular weight excluding hydrogens is 252 g/mol. The summed E-state index contributed by atoms with van der Waals surface area (Å²) in [6, 6.07) is 5.12. The van der Waals surface area contributed by atoms with E-state index in [2.05, 4.69) is 10.6 Å². The Morgan fingerprint density at radius 1 is 1.39 bits per heavy atom. The summed E-state index contributed by atoms with van der Waals surface area (Å²) in [5, 5.41) is 15.7. The Bertz CT molecular complexity index is 433. The largest absolute Gasteiger partial charge is 0.506 e. The first kappa shape index (κ1) is 13.2. The Morgan fingerprint density at radius 3 is 2.83 bits per heavy atom. The first-order valence-corrected chi connectivity index (χ1v) is 6.50. The van der Waals surface area contributed by atoms with Crippen LogP contribution in [0.25, 0.3) is 0 Å². The van der Waals surface area contributed by atoms with Crippen LogP contribution in [0, 0.1) is 5.92 Å². The van der Waals surface area contributed by atoms with Crippen LogP contribution in [0.4, 0.5) is 0 Å². The molecule has 0 aliphatic heterocycles. The number of hydrogen-bond donors (Lipinski definition) is 3. The maximum absolute atomic E-state index is 11.3. The zero-order valence-corrected chi connectivity index (χ0v) is 10.8. The van der Waals surface area contributed by atoms with E-state index in [4.69, 9.17) is 11.6 Å². The van der Waals surface area contributed by atoms with E-state index in [0.29, 0.717) is 18.1 Å². The molecule has 5 heteroatoms. The van der Waals surface area contributed by atoms with Gasteiger partial charge in [-0.15, -0.1) is 0 Å². The molecule has 1 aliphatic rings. The number of halogens is 1. The molecule has 1 saturated carbocycles. The van der Waals surface area contributed by atoms with Crippen LogP contribution in [-0.4, -0.2) is 24.1 Å². The monoisotopic (exact) mass is 268 g/mol. The Kier molecular flexibility index (Phi) is 4.44. The molecular formula is C13H17ClN2O2. The summed E-state index contributed by atoms with van der Waals surface area (Å²) in [6.45, 7) is 2.03. The third-order valence-electron chi connectivity index (χ3n) is 2.89. The summed E-state index contributed by atoms with van der Waals surface area (Å²) in [4.78, 5) is 11.3. The van der Waals surface area contributed by atoms with Crippen molar-refractivity contribution in [3.05, 3.63) is 28.8 Å². The number of carbonyl (C=O) groups excluding carboxylic acids is 1. The number of phenols is 1. The van der Waals surface area contributed by atoms with E-state index in [1.165, 1.54) is 0 Å². The molecule has 98 valence electrons. The maximum Gasteiger partial charge on any atom is 0.223 e. The van der Waals surface area contributed by atoms with E-state index in [1.54, 1.807) is 12.1 Å². The standard InChI is InChI=1S/C13H17ClN2O2/c14-11-7-9(1-4-12(11)17)8-15-5-6-16-13(18)10-2-3-10/h1,4,7,10,15,17H,2-3,5-6,8H2,(H,16,18). The van der Waals surface area contributed by atoms with Gasteiger partial charge in [0.05, 0.1) is 5.02 Å². The van der Waals surface area contributed by atoms with Gasteiger partial charge in [-0.2, -0.15) is 0 Å². The molecule has 0 unspecified atom stereocenters. The molecule has 1 aromatic rings. The average molecular weight is 269 g/mol. The SMILES string of the molecule is O=C(NCCNCc1ccc(O)c(Cl)c1)C1CC1. The highest BCUT2D eigenvalue weighted by atomic mass is 35.5. The molecule has 3 N–H and O–H groups in total. The number of aromatic hydroxyl groups is 1. The Morgan fingerprint density at radius 2 is 2.17 bits per heavy atom. The number of carbonyl (C=O) groups is 1. The second-order valence-electron chi connectivity index (χ2n) is 4.53. The van der Waals surface area contributed by atoms with Crippen LogP contribution in [0.3, 0.4) is 0 Å². The highest BCUT2D eigenvalue weighted by molar-refractivity contribution is 6.32. The smallest absolute Gasteiger partial charge is 0.223 e. The Labute approximate surface area is 111 Å². The third kappa shape index (κ3) is 3.89. The number of hydrogen-bond acceptors (Lipinski definition) is 3. The summed E-state index contributed by atoms with van der Waals surface area (Å²) >= 11 is 5.80. The van der Waals surface area contributed by atoms with Gasteiger partial charge in [0.1, 0.15) is 5.75 Å². The van der Waals surface area contributed by atoms with Crippen molar-refractivity contribution in [2.75, 3.05) is 13.1 Å². The van der Waals surface area contributed by atoms with E-state index < -0.39 is 0 Å². The van der Waals surface area contributed by atoms with Gasteiger partial charge in [0.15, 0.2) is 0 Å². The van der Waals surface area contributed by atoms with Gasteiger partial charge >= 0.3 is 0 Å². The fourth-order valence-electron chi connectivity index (χ4n) is 1.66.